The molecule has 2 rings (SSSR count). The molecule has 30 heavy (non-hydrogen) atoms. The van der Waals surface area contributed by atoms with E-state index in [2.05, 4.69) is 15.4 Å². The van der Waals surface area contributed by atoms with E-state index in [9.17, 15) is 26.8 Å². The second-order valence-corrected chi connectivity index (χ2v) is 8.30. The van der Waals surface area contributed by atoms with E-state index in [1.54, 1.807) is 6.92 Å². The van der Waals surface area contributed by atoms with Crippen LogP contribution in [0.3, 0.4) is 0 Å². The van der Waals surface area contributed by atoms with Gasteiger partial charge in [-0.2, -0.15) is 0 Å². The Balaban J connectivity index is 2.11. The Labute approximate surface area is 172 Å². The number of anilines is 2. The van der Waals surface area contributed by atoms with Gasteiger partial charge in [0.2, 0.25) is 5.91 Å². The minimum atomic E-state index is -4.14. The standard InChI is InChI=1S/C19H22F2N4O4S/c1-3-11(2)17(24-19(22)27)18(26)23-12-4-6-13(7-5-12)25-30(28,29)14-8-9-15(20)16(21)10-14/h4-11,17,25H,3H2,1-2H3,(H,23,26)(H3,22,24,27)/t11-,17+/m1/s1. The second kappa shape index (κ2) is 9.53. The monoisotopic (exact) mass is 440 g/mol. The van der Waals surface area contributed by atoms with E-state index >= 15 is 0 Å². The fraction of sp³-hybridized carbons (Fsp3) is 0.263. The van der Waals surface area contributed by atoms with Gasteiger partial charge in [-0.25, -0.2) is 22.0 Å². The molecule has 0 aliphatic rings. The van der Waals surface area contributed by atoms with Crippen LogP contribution in [-0.4, -0.2) is 26.4 Å². The summed E-state index contributed by atoms with van der Waals surface area (Å²) in [6.45, 7) is 3.65. The fourth-order valence-corrected chi connectivity index (χ4v) is 3.62. The summed E-state index contributed by atoms with van der Waals surface area (Å²) in [6, 6.07) is 6.23. The number of primary amides is 1. The lowest BCUT2D eigenvalue weighted by Crippen LogP contribution is -2.49. The van der Waals surface area contributed by atoms with Crippen molar-refractivity contribution in [2.75, 3.05) is 10.0 Å². The van der Waals surface area contributed by atoms with Gasteiger partial charge in [0.25, 0.3) is 10.0 Å². The maximum atomic E-state index is 13.3. The summed E-state index contributed by atoms with van der Waals surface area (Å²) in [4.78, 5) is 23.2. The Bertz CT molecular complexity index is 1030. The summed E-state index contributed by atoms with van der Waals surface area (Å²) >= 11 is 0. The minimum absolute atomic E-state index is 0.145. The summed E-state index contributed by atoms with van der Waals surface area (Å²) in [7, 11) is -4.14. The molecular weight excluding hydrogens is 418 g/mol. The number of carbonyl (C=O) groups excluding carboxylic acids is 2. The molecule has 5 N–H and O–H groups in total. The molecular formula is C19H22F2N4O4S. The normalized spacial score (nSPS) is 13.2. The molecule has 0 aliphatic carbocycles. The highest BCUT2D eigenvalue weighted by atomic mass is 32.2. The SMILES string of the molecule is CC[C@@H](C)[C@H](NC(N)=O)C(=O)Nc1ccc(NS(=O)(=O)c2ccc(F)c(F)c2)cc1. The number of halogens is 2. The summed E-state index contributed by atoms with van der Waals surface area (Å²) in [5.41, 5.74) is 5.62. The average Bonchev–Trinajstić information content (AvgIpc) is 2.68. The Morgan fingerprint density at radius 3 is 2.17 bits per heavy atom. The maximum Gasteiger partial charge on any atom is 0.312 e. The van der Waals surface area contributed by atoms with Crippen LogP contribution < -0.4 is 21.1 Å². The molecule has 2 aromatic rings. The van der Waals surface area contributed by atoms with Crippen molar-refractivity contribution in [3.63, 3.8) is 0 Å². The summed E-state index contributed by atoms with van der Waals surface area (Å²) in [5, 5.41) is 5.02. The molecule has 0 unspecified atom stereocenters. The van der Waals surface area contributed by atoms with Crippen LogP contribution in [0.1, 0.15) is 20.3 Å². The molecule has 2 aromatic carbocycles. The zero-order valence-electron chi connectivity index (χ0n) is 16.3. The van der Waals surface area contributed by atoms with E-state index in [4.69, 9.17) is 5.73 Å². The van der Waals surface area contributed by atoms with Gasteiger partial charge in [-0.3, -0.25) is 9.52 Å². The molecule has 162 valence electrons. The first-order chi connectivity index (χ1) is 14.0. The van der Waals surface area contributed by atoms with Gasteiger partial charge in [-0.15, -0.1) is 0 Å². The van der Waals surface area contributed by atoms with Crippen molar-refractivity contribution in [2.45, 2.75) is 31.2 Å². The molecule has 11 heteroatoms. The number of rotatable bonds is 8. The van der Waals surface area contributed by atoms with E-state index in [-0.39, 0.29) is 11.6 Å². The molecule has 0 radical (unpaired) electrons. The summed E-state index contributed by atoms with van der Waals surface area (Å²) in [6.07, 6.45) is 0.628. The Kier molecular flexibility index (Phi) is 7.33. The van der Waals surface area contributed by atoms with Crippen LogP contribution in [0.15, 0.2) is 47.4 Å². The predicted molar refractivity (Wildman–Crippen MR) is 108 cm³/mol. The first-order valence-electron chi connectivity index (χ1n) is 8.98. The van der Waals surface area contributed by atoms with Gasteiger partial charge in [-0.1, -0.05) is 20.3 Å². The van der Waals surface area contributed by atoms with Crippen molar-refractivity contribution >= 4 is 33.3 Å². The van der Waals surface area contributed by atoms with Crippen molar-refractivity contribution in [2.24, 2.45) is 11.7 Å². The predicted octanol–water partition coefficient (Wildman–Crippen LogP) is 2.79. The lowest BCUT2D eigenvalue weighted by Gasteiger charge is -2.22. The molecule has 0 spiro atoms. The highest BCUT2D eigenvalue weighted by molar-refractivity contribution is 7.92. The van der Waals surface area contributed by atoms with Crippen LogP contribution in [0, 0.1) is 17.6 Å². The molecule has 3 amide bonds. The minimum Gasteiger partial charge on any atom is -0.352 e. The largest absolute Gasteiger partial charge is 0.352 e. The molecule has 0 saturated heterocycles. The third kappa shape index (κ3) is 5.89. The Morgan fingerprint density at radius 1 is 1.03 bits per heavy atom. The molecule has 8 nitrogen and oxygen atoms in total. The number of carbonyl (C=O) groups is 2. The van der Waals surface area contributed by atoms with Gasteiger partial charge in [0.15, 0.2) is 11.6 Å². The van der Waals surface area contributed by atoms with E-state index < -0.39 is 44.5 Å². The van der Waals surface area contributed by atoms with E-state index in [1.165, 1.54) is 24.3 Å². The number of benzene rings is 2. The van der Waals surface area contributed by atoms with E-state index in [0.717, 1.165) is 12.1 Å². The van der Waals surface area contributed by atoms with Crippen molar-refractivity contribution in [1.82, 2.24) is 5.32 Å². The molecule has 0 fully saturated rings. The molecule has 0 bridgehead atoms. The van der Waals surface area contributed by atoms with Gasteiger partial charge in [0, 0.05) is 11.4 Å². The number of hydrogen-bond donors (Lipinski definition) is 4. The van der Waals surface area contributed by atoms with Crippen LogP contribution in [0.4, 0.5) is 25.0 Å². The zero-order valence-corrected chi connectivity index (χ0v) is 17.1. The molecule has 2 atom stereocenters. The third-order valence-electron chi connectivity index (χ3n) is 4.40. The highest BCUT2D eigenvalue weighted by Gasteiger charge is 2.25. The second-order valence-electron chi connectivity index (χ2n) is 6.62. The van der Waals surface area contributed by atoms with Crippen LogP contribution in [-0.2, 0) is 14.8 Å². The van der Waals surface area contributed by atoms with Gasteiger partial charge in [0.1, 0.15) is 6.04 Å². The maximum absolute atomic E-state index is 13.3. The molecule has 0 heterocycles. The third-order valence-corrected chi connectivity index (χ3v) is 5.78. The average molecular weight is 440 g/mol. The topological polar surface area (TPSA) is 130 Å². The van der Waals surface area contributed by atoms with Crippen LogP contribution >= 0.6 is 0 Å². The Hall–Kier alpha value is -3.21. The molecule has 0 aromatic heterocycles. The van der Waals surface area contributed by atoms with Gasteiger partial charge in [-0.05, 0) is 48.4 Å². The number of sulfonamides is 1. The number of hydrogen-bond acceptors (Lipinski definition) is 4. The van der Waals surface area contributed by atoms with Crippen LogP contribution in [0.2, 0.25) is 0 Å². The first-order valence-corrected chi connectivity index (χ1v) is 10.5. The number of nitrogens with one attached hydrogen (secondary N) is 3. The van der Waals surface area contributed by atoms with Gasteiger partial charge < -0.3 is 16.4 Å². The summed E-state index contributed by atoms with van der Waals surface area (Å²) < 4.78 is 53.2. The van der Waals surface area contributed by atoms with Crippen molar-refractivity contribution in [3.05, 3.63) is 54.1 Å². The number of urea groups is 1. The lowest BCUT2D eigenvalue weighted by atomic mass is 9.98. The quantitative estimate of drug-likeness (QED) is 0.503. The first kappa shape index (κ1) is 23.1. The van der Waals surface area contributed by atoms with E-state index in [0.29, 0.717) is 18.2 Å². The molecule has 0 aliphatic heterocycles. The van der Waals surface area contributed by atoms with Gasteiger partial charge in [0.05, 0.1) is 4.90 Å². The van der Waals surface area contributed by atoms with Crippen molar-refractivity contribution < 1.29 is 26.8 Å². The Morgan fingerprint density at radius 2 is 1.63 bits per heavy atom. The van der Waals surface area contributed by atoms with Crippen LogP contribution in [0.5, 0.6) is 0 Å². The number of nitrogens with two attached hydrogens (primary N) is 1. The summed E-state index contributed by atoms with van der Waals surface area (Å²) in [5.74, 6) is -3.08. The van der Waals surface area contributed by atoms with E-state index in [1.807, 2.05) is 6.92 Å². The highest BCUT2D eigenvalue weighted by Crippen LogP contribution is 2.20. The van der Waals surface area contributed by atoms with Crippen molar-refractivity contribution in [1.29, 1.82) is 0 Å². The van der Waals surface area contributed by atoms with Crippen LogP contribution in [0.25, 0.3) is 0 Å². The van der Waals surface area contributed by atoms with Gasteiger partial charge >= 0.3 is 6.03 Å². The lowest BCUT2D eigenvalue weighted by molar-refractivity contribution is -0.119. The fourth-order valence-electron chi connectivity index (χ4n) is 2.55. The smallest absolute Gasteiger partial charge is 0.312 e. The van der Waals surface area contributed by atoms with Crippen molar-refractivity contribution in [3.8, 4) is 0 Å². The zero-order chi connectivity index (χ0) is 22.5. The number of amides is 3. The molecule has 0 saturated carbocycles.